The minimum atomic E-state index is -3.46. The second kappa shape index (κ2) is 9.54. The van der Waals surface area contributed by atoms with E-state index in [-0.39, 0.29) is 5.92 Å². The largest absolute Gasteiger partial charge is 0.751 e. The lowest BCUT2D eigenvalue weighted by atomic mass is 9.87. The van der Waals surface area contributed by atoms with E-state index in [1.165, 1.54) is 21.3 Å². The van der Waals surface area contributed by atoms with Crippen molar-refractivity contribution in [2.24, 2.45) is 0 Å². The lowest BCUT2D eigenvalue weighted by Crippen LogP contribution is -2.48. The first kappa shape index (κ1) is 20.3. The molecule has 1 aromatic rings. The first-order valence-corrected chi connectivity index (χ1v) is 9.40. The number of benzene rings is 1. The lowest BCUT2D eigenvalue weighted by Gasteiger charge is -2.25. The van der Waals surface area contributed by atoms with Crippen LogP contribution in [0.2, 0.25) is 0 Å². The molecular formula is C18H26O5Si. The zero-order valence-electron chi connectivity index (χ0n) is 14.8. The third-order valence-electron chi connectivity index (χ3n) is 3.78. The molecule has 0 aliphatic rings. The van der Waals surface area contributed by atoms with Crippen molar-refractivity contribution in [3.05, 3.63) is 54.1 Å². The molecule has 0 aliphatic carbocycles. The zero-order valence-corrected chi connectivity index (χ0v) is 15.8. The van der Waals surface area contributed by atoms with E-state index in [9.17, 15) is 4.79 Å². The predicted octanol–water partition coefficient (Wildman–Crippen LogP) is 3.69. The van der Waals surface area contributed by atoms with Crippen molar-refractivity contribution in [2.45, 2.75) is 25.7 Å². The molecule has 1 rings (SSSR count). The fourth-order valence-electron chi connectivity index (χ4n) is 2.43. The van der Waals surface area contributed by atoms with Gasteiger partial charge in [0.1, 0.15) is 0 Å². The summed E-state index contributed by atoms with van der Waals surface area (Å²) < 4.78 is 20.8. The number of rotatable bonds is 10. The second-order valence-electron chi connectivity index (χ2n) is 5.24. The smallest absolute Gasteiger partial charge is 0.448 e. The molecule has 0 saturated heterocycles. The highest BCUT2D eigenvalue weighted by Gasteiger charge is 2.47. The minimum absolute atomic E-state index is 0.153. The molecule has 0 spiro atoms. The van der Waals surface area contributed by atoms with Gasteiger partial charge in [-0.3, -0.25) is 0 Å². The molecule has 0 N–H and O–H groups in total. The van der Waals surface area contributed by atoms with E-state index in [2.05, 4.69) is 20.1 Å². The van der Waals surface area contributed by atoms with Crippen LogP contribution in [-0.4, -0.2) is 36.3 Å². The third-order valence-corrected chi connectivity index (χ3v) is 5.71. The Morgan fingerprint density at radius 2 is 1.88 bits per heavy atom. The Hall–Kier alpha value is -1.73. The van der Waals surface area contributed by atoms with Crippen LogP contribution in [0.25, 0.3) is 6.08 Å². The van der Waals surface area contributed by atoms with Crippen molar-refractivity contribution in [1.82, 2.24) is 0 Å². The summed E-state index contributed by atoms with van der Waals surface area (Å²) in [5.41, 5.74) is 2.33. The maximum absolute atomic E-state index is 12.5. The molecule has 0 amide bonds. The van der Waals surface area contributed by atoms with Crippen molar-refractivity contribution < 1.29 is 22.5 Å². The van der Waals surface area contributed by atoms with Gasteiger partial charge in [0.25, 0.3) is 0 Å². The molecule has 0 fully saturated rings. The Morgan fingerprint density at radius 1 is 1.25 bits per heavy atom. The number of hydrogen-bond donors (Lipinski definition) is 0. The van der Waals surface area contributed by atoms with Crippen LogP contribution in [0.4, 0.5) is 0 Å². The first-order valence-electron chi connectivity index (χ1n) is 7.76. The second-order valence-corrected chi connectivity index (χ2v) is 7.67. The summed E-state index contributed by atoms with van der Waals surface area (Å²) in [4.78, 5) is 12.5. The molecule has 0 aromatic heterocycles. The number of carbonyl (C=O) groups excluding carboxylic acids is 1. The normalized spacial score (nSPS) is 12.5. The molecule has 24 heavy (non-hydrogen) atoms. The first-order chi connectivity index (χ1) is 11.5. The molecule has 132 valence electrons. The van der Waals surface area contributed by atoms with E-state index in [4.69, 9.17) is 17.7 Å². The number of carbonyl (C=O) groups is 1. The average Bonchev–Trinajstić information content (AvgIpc) is 2.63. The Morgan fingerprint density at radius 3 is 2.38 bits per heavy atom. The highest BCUT2D eigenvalue weighted by molar-refractivity contribution is 6.55. The van der Waals surface area contributed by atoms with Crippen LogP contribution in [0.5, 0.6) is 0 Å². The topological polar surface area (TPSA) is 54.0 Å². The minimum Gasteiger partial charge on any atom is -0.448 e. The summed E-state index contributed by atoms with van der Waals surface area (Å²) in [5.74, 6) is -0.727. The Kier molecular flexibility index (Phi) is 8.07. The summed E-state index contributed by atoms with van der Waals surface area (Å²) in [6, 6.07) is 7.87. The van der Waals surface area contributed by atoms with Gasteiger partial charge >= 0.3 is 15.0 Å². The van der Waals surface area contributed by atoms with Gasteiger partial charge in [-0.2, -0.15) is 0 Å². The molecule has 0 bridgehead atoms. The summed E-state index contributed by atoms with van der Waals surface area (Å²) in [6.45, 7) is 9.79. The van der Waals surface area contributed by atoms with E-state index in [0.717, 1.165) is 24.0 Å². The van der Waals surface area contributed by atoms with E-state index in [1.54, 1.807) is 6.08 Å². The predicted molar refractivity (Wildman–Crippen MR) is 96.2 cm³/mol. The van der Waals surface area contributed by atoms with Gasteiger partial charge in [-0.15, -0.1) is 0 Å². The summed E-state index contributed by atoms with van der Waals surface area (Å²) >= 11 is 0. The SMILES string of the molecule is C=Cc1cccc(C(CCC)C(=C)C(=O)O[Si](OC)(OC)OC)c1. The lowest BCUT2D eigenvalue weighted by molar-refractivity contribution is -0.138. The van der Waals surface area contributed by atoms with Gasteiger partial charge < -0.3 is 17.7 Å². The van der Waals surface area contributed by atoms with Crippen LogP contribution >= 0.6 is 0 Å². The zero-order chi connectivity index (χ0) is 18.2. The van der Waals surface area contributed by atoms with Crippen LogP contribution in [0.1, 0.15) is 36.8 Å². The van der Waals surface area contributed by atoms with Crippen molar-refractivity contribution in [2.75, 3.05) is 21.3 Å². The van der Waals surface area contributed by atoms with Gasteiger partial charge in [-0.25, -0.2) is 4.79 Å². The molecule has 0 aliphatic heterocycles. The summed E-state index contributed by atoms with van der Waals surface area (Å²) in [5, 5.41) is 0. The van der Waals surface area contributed by atoms with Gasteiger partial charge in [0.15, 0.2) is 0 Å². The number of hydrogen-bond acceptors (Lipinski definition) is 5. The summed E-state index contributed by atoms with van der Waals surface area (Å²) in [6.07, 6.45) is 3.44. The highest BCUT2D eigenvalue weighted by atomic mass is 28.4. The Bertz CT molecular complexity index is 572. The molecule has 0 heterocycles. The van der Waals surface area contributed by atoms with Crippen molar-refractivity contribution in [3.63, 3.8) is 0 Å². The Labute approximate surface area is 145 Å². The monoisotopic (exact) mass is 350 g/mol. The van der Waals surface area contributed by atoms with Gasteiger partial charge in [0, 0.05) is 32.8 Å². The van der Waals surface area contributed by atoms with Crippen molar-refractivity contribution >= 4 is 21.1 Å². The van der Waals surface area contributed by atoms with Crippen molar-refractivity contribution in [3.8, 4) is 0 Å². The van der Waals surface area contributed by atoms with E-state index < -0.39 is 15.0 Å². The van der Waals surface area contributed by atoms with E-state index >= 15 is 0 Å². The standard InChI is InChI=1S/C18H26O5Si/c1-7-10-17(16-12-9-11-15(8-2)13-16)14(3)18(19)23-24(20-4,21-5)22-6/h8-9,11-13,17H,2-3,7,10H2,1,4-6H3. The van der Waals surface area contributed by atoms with E-state index in [0.29, 0.717) is 5.57 Å². The fraction of sp³-hybridized carbons (Fsp3) is 0.389. The molecule has 5 nitrogen and oxygen atoms in total. The van der Waals surface area contributed by atoms with Crippen molar-refractivity contribution in [1.29, 1.82) is 0 Å². The third kappa shape index (κ3) is 4.88. The van der Waals surface area contributed by atoms with E-state index in [1.807, 2.05) is 24.3 Å². The average molecular weight is 350 g/mol. The maximum Gasteiger partial charge on any atom is 0.751 e. The maximum atomic E-state index is 12.5. The van der Waals surface area contributed by atoms with Gasteiger partial charge in [-0.05, 0) is 17.5 Å². The van der Waals surface area contributed by atoms with Crippen LogP contribution in [0.3, 0.4) is 0 Å². The summed E-state index contributed by atoms with van der Waals surface area (Å²) in [7, 11) is 0.687. The quantitative estimate of drug-likeness (QED) is 0.476. The van der Waals surface area contributed by atoms with Gasteiger partial charge in [0.2, 0.25) is 0 Å². The highest BCUT2D eigenvalue weighted by Crippen LogP contribution is 2.30. The van der Waals surface area contributed by atoms with Crippen LogP contribution in [0, 0.1) is 0 Å². The fourth-order valence-corrected chi connectivity index (χ4v) is 3.54. The Balaban J connectivity index is 3.05. The van der Waals surface area contributed by atoms with Gasteiger partial charge in [-0.1, -0.05) is 56.8 Å². The van der Waals surface area contributed by atoms with Gasteiger partial charge in [0.05, 0.1) is 0 Å². The molecular weight excluding hydrogens is 324 g/mol. The molecule has 1 atom stereocenters. The molecule has 0 radical (unpaired) electrons. The molecule has 1 unspecified atom stereocenters. The van der Waals surface area contributed by atoms with Crippen LogP contribution in [-0.2, 0) is 22.5 Å². The molecule has 6 heteroatoms. The molecule has 0 saturated carbocycles. The van der Waals surface area contributed by atoms with Crippen LogP contribution < -0.4 is 0 Å². The molecule has 1 aromatic carbocycles. The van der Waals surface area contributed by atoms with Crippen LogP contribution in [0.15, 0.2) is 43.0 Å².